The van der Waals surface area contributed by atoms with E-state index in [-0.39, 0.29) is 22.9 Å². The average molecular weight is 352 g/mol. The van der Waals surface area contributed by atoms with Crippen LogP contribution < -0.4 is 16.6 Å². The number of hydrogen-bond acceptors (Lipinski definition) is 5. The Morgan fingerprint density at radius 1 is 1.12 bits per heavy atom. The molecule has 0 spiro atoms. The maximum atomic E-state index is 12.5. The monoisotopic (exact) mass is 352 g/mol. The summed E-state index contributed by atoms with van der Waals surface area (Å²) in [5.74, 6) is -1.32. The summed E-state index contributed by atoms with van der Waals surface area (Å²) >= 11 is 0. The predicted octanol–water partition coefficient (Wildman–Crippen LogP) is 0.208. The van der Waals surface area contributed by atoms with Crippen LogP contribution in [0.15, 0.2) is 29.1 Å². The first kappa shape index (κ1) is 16.1. The molecule has 0 fully saturated rings. The summed E-state index contributed by atoms with van der Waals surface area (Å²) in [5, 5.41) is 2.14. The van der Waals surface area contributed by atoms with Crippen LogP contribution in [0.1, 0.15) is 38.8 Å². The summed E-state index contributed by atoms with van der Waals surface area (Å²) in [6.07, 6.45) is 0.737. The van der Waals surface area contributed by atoms with Crippen molar-refractivity contribution in [3.8, 4) is 5.69 Å². The van der Waals surface area contributed by atoms with Gasteiger partial charge in [-0.25, -0.2) is 0 Å². The van der Waals surface area contributed by atoms with Crippen LogP contribution >= 0.6 is 0 Å². The van der Waals surface area contributed by atoms with Gasteiger partial charge in [-0.3, -0.25) is 29.1 Å². The van der Waals surface area contributed by atoms with Gasteiger partial charge in [-0.05, 0) is 29.7 Å². The van der Waals surface area contributed by atoms with Gasteiger partial charge in [0.2, 0.25) is 5.91 Å². The zero-order valence-corrected chi connectivity index (χ0v) is 14.0. The molecule has 3 amide bonds. The lowest BCUT2D eigenvalue weighted by atomic mass is 9.98. The quantitative estimate of drug-likeness (QED) is 0.712. The number of aromatic nitrogens is 1. The van der Waals surface area contributed by atoms with Crippen LogP contribution in [0.3, 0.4) is 0 Å². The van der Waals surface area contributed by atoms with Crippen LogP contribution in [-0.2, 0) is 17.8 Å². The Morgan fingerprint density at radius 3 is 2.62 bits per heavy atom. The summed E-state index contributed by atoms with van der Waals surface area (Å²) < 4.78 is 1.21. The van der Waals surface area contributed by atoms with Crippen molar-refractivity contribution >= 4 is 23.5 Å². The number of nitrogen functional groups attached to an aromatic ring is 1. The minimum Gasteiger partial charge on any atom is -0.384 e. The van der Waals surface area contributed by atoms with Crippen molar-refractivity contribution in [1.82, 2.24) is 14.8 Å². The Labute approximate surface area is 148 Å². The molecule has 2 aromatic rings. The van der Waals surface area contributed by atoms with Gasteiger partial charge in [-0.2, -0.15) is 0 Å². The first-order chi connectivity index (χ1) is 12.4. The number of anilines is 1. The Kier molecular flexibility index (Phi) is 3.43. The number of fused-ring (bicyclic) bond motifs is 2. The van der Waals surface area contributed by atoms with Crippen LogP contribution in [0.2, 0.25) is 0 Å². The van der Waals surface area contributed by atoms with Crippen molar-refractivity contribution in [3.05, 3.63) is 56.9 Å². The zero-order valence-electron chi connectivity index (χ0n) is 14.0. The highest BCUT2D eigenvalue weighted by atomic mass is 16.2. The highest BCUT2D eigenvalue weighted by Crippen LogP contribution is 2.26. The summed E-state index contributed by atoms with van der Waals surface area (Å²) in [5.41, 5.74) is 8.09. The Hall–Kier alpha value is -3.42. The molecule has 3 heterocycles. The predicted molar refractivity (Wildman–Crippen MR) is 93.0 cm³/mol. The first-order valence-electron chi connectivity index (χ1n) is 8.15. The summed E-state index contributed by atoms with van der Waals surface area (Å²) in [4.78, 5) is 49.6. The van der Waals surface area contributed by atoms with Gasteiger partial charge >= 0.3 is 0 Å². The maximum absolute atomic E-state index is 12.5. The van der Waals surface area contributed by atoms with E-state index >= 15 is 0 Å². The molecule has 0 bridgehead atoms. The third-order valence-corrected chi connectivity index (χ3v) is 4.86. The lowest BCUT2D eigenvalue weighted by Crippen LogP contribution is -2.34. The topological polar surface area (TPSA) is 114 Å². The summed E-state index contributed by atoms with van der Waals surface area (Å²) in [6, 6.07) is 6.56. The van der Waals surface area contributed by atoms with Gasteiger partial charge in [-0.1, -0.05) is 6.07 Å². The lowest BCUT2D eigenvalue weighted by Gasteiger charge is -2.28. The molecule has 0 saturated heterocycles. The van der Waals surface area contributed by atoms with Crippen LogP contribution in [0.5, 0.6) is 0 Å². The van der Waals surface area contributed by atoms with E-state index in [0.29, 0.717) is 18.8 Å². The van der Waals surface area contributed by atoms with E-state index < -0.39 is 17.4 Å². The minimum atomic E-state index is -0.622. The van der Waals surface area contributed by atoms with E-state index in [9.17, 15) is 19.2 Å². The number of amides is 3. The number of rotatable bonds is 1. The largest absolute Gasteiger partial charge is 0.384 e. The van der Waals surface area contributed by atoms with E-state index in [4.69, 9.17) is 5.73 Å². The Bertz CT molecular complexity index is 1050. The molecule has 8 heteroatoms. The maximum Gasteiger partial charge on any atom is 0.262 e. The SMILES string of the molecule is CC(=O)N1CCc2ccc(-n3c(N)c4c(cc3=O)C(=O)NC4=O)cc2C1. The molecule has 1 aromatic heterocycles. The second-order valence-corrected chi connectivity index (χ2v) is 6.42. The Morgan fingerprint density at radius 2 is 1.88 bits per heavy atom. The van der Waals surface area contributed by atoms with Crippen LogP contribution in [0, 0.1) is 0 Å². The normalized spacial score (nSPS) is 15.5. The molecule has 8 nitrogen and oxygen atoms in total. The number of nitrogens with two attached hydrogens (primary N) is 1. The highest BCUT2D eigenvalue weighted by Gasteiger charge is 2.32. The number of imide groups is 1. The molecule has 3 N–H and O–H groups in total. The molecule has 0 aliphatic carbocycles. The molecule has 2 aliphatic heterocycles. The number of carbonyl (C=O) groups is 3. The van der Waals surface area contributed by atoms with Crippen molar-refractivity contribution in [2.75, 3.05) is 12.3 Å². The third-order valence-electron chi connectivity index (χ3n) is 4.86. The summed E-state index contributed by atoms with van der Waals surface area (Å²) in [6.45, 7) is 2.63. The lowest BCUT2D eigenvalue weighted by molar-refractivity contribution is -0.129. The number of carbonyl (C=O) groups excluding carboxylic acids is 3. The fraction of sp³-hybridized carbons (Fsp3) is 0.222. The Balaban J connectivity index is 1.85. The second kappa shape index (κ2) is 5.55. The average Bonchev–Trinajstić information content (AvgIpc) is 2.88. The van der Waals surface area contributed by atoms with Gasteiger partial charge in [0.05, 0.1) is 16.8 Å². The third kappa shape index (κ3) is 2.30. The highest BCUT2D eigenvalue weighted by molar-refractivity contribution is 6.23. The number of benzene rings is 1. The molecule has 0 saturated carbocycles. The van der Waals surface area contributed by atoms with Crippen LogP contribution in [-0.4, -0.2) is 33.7 Å². The fourth-order valence-corrected chi connectivity index (χ4v) is 3.50. The van der Waals surface area contributed by atoms with Crippen LogP contribution in [0.25, 0.3) is 5.69 Å². The molecule has 0 unspecified atom stereocenters. The smallest absolute Gasteiger partial charge is 0.262 e. The fourth-order valence-electron chi connectivity index (χ4n) is 3.50. The number of nitrogens with one attached hydrogen (secondary N) is 1. The molecule has 0 atom stereocenters. The van der Waals surface area contributed by atoms with Gasteiger partial charge < -0.3 is 10.6 Å². The molecule has 2 aliphatic rings. The van der Waals surface area contributed by atoms with Gasteiger partial charge in [-0.15, -0.1) is 0 Å². The molecular formula is C18H16N4O4. The van der Waals surface area contributed by atoms with E-state index in [1.165, 1.54) is 11.5 Å². The van der Waals surface area contributed by atoms with Gasteiger partial charge in [0.15, 0.2) is 0 Å². The number of hydrogen-bond donors (Lipinski definition) is 2. The number of nitrogens with zero attached hydrogens (tertiary/aromatic N) is 2. The number of pyridine rings is 1. The first-order valence-corrected chi connectivity index (χ1v) is 8.15. The molecule has 1 aromatic carbocycles. The van der Waals surface area contributed by atoms with Crippen LogP contribution in [0.4, 0.5) is 5.82 Å². The van der Waals surface area contributed by atoms with Crippen molar-refractivity contribution < 1.29 is 14.4 Å². The molecule has 26 heavy (non-hydrogen) atoms. The molecular weight excluding hydrogens is 336 g/mol. The minimum absolute atomic E-state index is 0.00513. The van der Waals surface area contributed by atoms with Crippen molar-refractivity contribution in [2.45, 2.75) is 19.9 Å². The standard InChI is InChI=1S/C18H16N4O4/c1-9(23)21-5-4-10-2-3-12(6-11(10)8-21)22-14(24)7-13-15(16(22)19)18(26)20-17(13)25/h2-3,6-7H,4-5,8,19H2,1H3,(H,20,25,26). The molecule has 4 rings (SSSR count). The van der Waals surface area contributed by atoms with Gasteiger partial charge in [0.1, 0.15) is 5.82 Å². The van der Waals surface area contributed by atoms with Crippen molar-refractivity contribution in [2.24, 2.45) is 0 Å². The van der Waals surface area contributed by atoms with Gasteiger partial charge in [0.25, 0.3) is 17.4 Å². The van der Waals surface area contributed by atoms with E-state index in [1.54, 1.807) is 17.0 Å². The van der Waals surface area contributed by atoms with E-state index in [2.05, 4.69) is 5.32 Å². The molecule has 132 valence electrons. The second-order valence-electron chi connectivity index (χ2n) is 6.42. The van der Waals surface area contributed by atoms with E-state index in [0.717, 1.165) is 23.6 Å². The van der Waals surface area contributed by atoms with E-state index in [1.807, 2.05) is 6.07 Å². The van der Waals surface area contributed by atoms with Crippen molar-refractivity contribution in [1.29, 1.82) is 0 Å². The zero-order chi connectivity index (χ0) is 18.6. The van der Waals surface area contributed by atoms with Crippen molar-refractivity contribution in [3.63, 3.8) is 0 Å². The molecule has 0 radical (unpaired) electrons. The van der Waals surface area contributed by atoms with Gasteiger partial charge in [0, 0.05) is 26.1 Å². The summed E-state index contributed by atoms with van der Waals surface area (Å²) in [7, 11) is 0.